The maximum Gasteiger partial charge on any atom is 0.332 e. The van der Waals surface area contributed by atoms with Crippen LogP contribution in [0.5, 0.6) is 0 Å². The molecular formula is C20H25N5O4. The Balaban J connectivity index is 1.81. The third kappa shape index (κ3) is 3.64. The highest BCUT2D eigenvalue weighted by molar-refractivity contribution is 5.77. The lowest BCUT2D eigenvalue weighted by Gasteiger charge is -2.28. The van der Waals surface area contributed by atoms with E-state index in [1.165, 1.54) is 11.6 Å². The lowest BCUT2D eigenvalue weighted by molar-refractivity contribution is 0.0118. The van der Waals surface area contributed by atoms with E-state index in [1.807, 2.05) is 30.3 Å². The minimum Gasteiger partial charge on any atom is -0.390 e. The second-order valence-electron chi connectivity index (χ2n) is 7.36. The first-order valence-electron chi connectivity index (χ1n) is 9.67. The minimum atomic E-state index is -0.699. The van der Waals surface area contributed by atoms with Crippen molar-refractivity contribution in [2.24, 2.45) is 14.1 Å². The van der Waals surface area contributed by atoms with Gasteiger partial charge in [-0.15, -0.1) is 0 Å². The van der Waals surface area contributed by atoms with E-state index < -0.39 is 17.4 Å². The summed E-state index contributed by atoms with van der Waals surface area (Å²) in [5.41, 5.74) is 0.596. The fourth-order valence-corrected chi connectivity index (χ4v) is 3.78. The van der Waals surface area contributed by atoms with Crippen molar-refractivity contribution in [1.29, 1.82) is 0 Å². The number of fused-ring (bicyclic) bond motifs is 1. The van der Waals surface area contributed by atoms with Gasteiger partial charge in [-0.2, -0.15) is 0 Å². The van der Waals surface area contributed by atoms with Crippen molar-refractivity contribution in [1.82, 2.24) is 23.6 Å². The summed E-state index contributed by atoms with van der Waals surface area (Å²) in [6, 6.07) is 9.47. The number of β-amino-alcohol motifs (C(OH)–C–C–N with tert-alkyl or cyclic N) is 1. The maximum atomic E-state index is 12.9. The van der Waals surface area contributed by atoms with Gasteiger partial charge in [0.15, 0.2) is 11.2 Å². The third-order valence-electron chi connectivity index (χ3n) is 5.35. The van der Waals surface area contributed by atoms with Crippen LogP contribution >= 0.6 is 0 Å². The van der Waals surface area contributed by atoms with Crippen molar-refractivity contribution in [2.45, 2.75) is 12.6 Å². The summed E-state index contributed by atoms with van der Waals surface area (Å²) in [5, 5.41) is 10.8. The van der Waals surface area contributed by atoms with Crippen LogP contribution in [0.1, 0.15) is 0 Å². The van der Waals surface area contributed by atoms with Crippen LogP contribution in [0.15, 0.2) is 39.9 Å². The number of aryl methyl sites for hydroxylation is 1. The lowest BCUT2D eigenvalue weighted by atomic mass is 10.2. The molecule has 9 nitrogen and oxygen atoms in total. The number of hydrogen-bond acceptors (Lipinski definition) is 6. The van der Waals surface area contributed by atoms with Gasteiger partial charge < -0.3 is 14.4 Å². The van der Waals surface area contributed by atoms with E-state index >= 15 is 0 Å². The Hall–Kier alpha value is -2.75. The van der Waals surface area contributed by atoms with Crippen LogP contribution in [0.4, 0.5) is 0 Å². The standard InChI is InChI=1S/C20H25N5O4/c1-22-18-16(19(27)23(2)20(22)28)25(17(21-18)14-6-4-3-5-7-14)13-15(26)12-24-8-10-29-11-9-24/h3-7,15,26H,8-13H2,1-2H3/t15-/m0/s1. The van der Waals surface area contributed by atoms with E-state index in [1.54, 1.807) is 11.6 Å². The number of aliphatic hydroxyl groups excluding tert-OH is 1. The highest BCUT2D eigenvalue weighted by Gasteiger charge is 2.23. The lowest BCUT2D eigenvalue weighted by Crippen LogP contribution is -2.42. The Morgan fingerprint density at radius 1 is 1.07 bits per heavy atom. The summed E-state index contributed by atoms with van der Waals surface area (Å²) in [7, 11) is 3.05. The van der Waals surface area contributed by atoms with Crippen molar-refractivity contribution in [3.8, 4) is 11.4 Å². The summed E-state index contributed by atoms with van der Waals surface area (Å²) in [4.78, 5) is 32.0. The van der Waals surface area contributed by atoms with E-state index in [0.717, 1.165) is 23.2 Å². The van der Waals surface area contributed by atoms with Crippen LogP contribution in [0, 0.1) is 0 Å². The molecule has 9 heteroatoms. The number of benzene rings is 1. The predicted octanol–water partition coefficient (Wildman–Crippen LogP) is -0.206. The summed E-state index contributed by atoms with van der Waals surface area (Å²) >= 11 is 0. The third-order valence-corrected chi connectivity index (χ3v) is 5.35. The van der Waals surface area contributed by atoms with Crippen molar-refractivity contribution in [3.63, 3.8) is 0 Å². The largest absolute Gasteiger partial charge is 0.390 e. The second-order valence-corrected chi connectivity index (χ2v) is 7.36. The molecule has 154 valence electrons. The molecule has 0 spiro atoms. The van der Waals surface area contributed by atoms with Crippen LogP contribution in [-0.2, 0) is 25.4 Å². The van der Waals surface area contributed by atoms with E-state index in [2.05, 4.69) is 9.88 Å². The maximum absolute atomic E-state index is 12.9. The topological polar surface area (TPSA) is 94.5 Å². The van der Waals surface area contributed by atoms with Gasteiger partial charge in [0.2, 0.25) is 0 Å². The van der Waals surface area contributed by atoms with E-state index in [0.29, 0.717) is 36.7 Å². The monoisotopic (exact) mass is 399 g/mol. The molecule has 3 heterocycles. The smallest absolute Gasteiger partial charge is 0.332 e. The number of imidazole rings is 1. The second kappa shape index (κ2) is 7.94. The number of aromatic nitrogens is 4. The molecule has 1 aliphatic heterocycles. The first-order chi connectivity index (χ1) is 14.0. The molecule has 0 radical (unpaired) electrons. The fraction of sp³-hybridized carbons (Fsp3) is 0.450. The van der Waals surface area contributed by atoms with Gasteiger partial charge in [-0.3, -0.25) is 18.8 Å². The number of rotatable bonds is 5. The molecule has 4 rings (SSSR count). The number of hydrogen-bond donors (Lipinski definition) is 1. The average Bonchev–Trinajstić information content (AvgIpc) is 3.11. The van der Waals surface area contributed by atoms with Crippen LogP contribution in [-0.4, -0.2) is 67.6 Å². The Kier molecular flexibility index (Phi) is 5.35. The molecule has 1 aliphatic rings. The number of morpholine rings is 1. The molecule has 0 bridgehead atoms. The van der Waals surface area contributed by atoms with Gasteiger partial charge in [-0.25, -0.2) is 9.78 Å². The van der Waals surface area contributed by atoms with Crippen molar-refractivity contribution in [2.75, 3.05) is 32.8 Å². The molecule has 1 fully saturated rings. The van der Waals surface area contributed by atoms with E-state index in [-0.39, 0.29) is 6.54 Å². The zero-order valence-electron chi connectivity index (χ0n) is 16.6. The Morgan fingerprint density at radius 2 is 1.76 bits per heavy atom. The van der Waals surface area contributed by atoms with E-state index in [9.17, 15) is 14.7 Å². The van der Waals surface area contributed by atoms with Gasteiger partial charge in [0.1, 0.15) is 5.82 Å². The van der Waals surface area contributed by atoms with Gasteiger partial charge in [0, 0.05) is 39.3 Å². The number of ether oxygens (including phenoxy) is 1. The molecule has 1 N–H and O–H groups in total. The van der Waals surface area contributed by atoms with Crippen LogP contribution in [0.25, 0.3) is 22.6 Å². The zero-order chi connectivity index (χ0) is 20.5. The van der Waals surface area contributed by atoms with Crippen molar-refractivity contribution < 1.29 is 9.84 Å². The van der Waals surface area contributed by atoms with Crippen molar-refractivity contribution in [3.05, 3.63) is 51.2 Å². The molecule has 0 saturated carbocycles. The molecular weight excluding hydrogens is 374 g/mol. The van der Waals surface area contributed by atoms with Crippen LogP contribution in [0.2, 0.25) is 0 Å². The SMILES string of the molecule is Cn1c(=O)c2c(nc(-c3ccccc3)n2C[C@@H](O)CN2CCOCC2)n(C)c1=O. The quantitative estimate of drug-likeness (QED) is 0.638. The Morgan fingerprint density at radius 3 is 2.45 bits per heavy atom. The molecule has 3 aromatic rings. The van der Waals surface area contributed by atoms with Gasteiger partial charge in [-0.05, 0) is 0 Å². The normalized spacial score (nSPS) is 16.4. The summed E-state index contributed by atoms with van der Waals surface area (Å²) < 4.78 is 9.54. The number of nitrogens with zero attached hydrogens (tertiary/aromatic N) is 5. The summed E-state index contributed by atoms with van der Waals surface area (Å²) in [6.07, 6.45) is -0.699. The van der Waals surface area contributed by atoms with Gasteiger partial charge in [0.05, 0.1) is 25.9 Å². The van der Waals surface area contributed by atoms with E-state index in [4.69, 9.17) is 4.74 Å². The summed E-state index contributed by atoms with van der Waals surface area (Å²) in [5.74, 6) is 0.555. The zero-order valence-corrected chi connectivity index (χ0v) is 16.6. The van der Waals surface area contributed by atoms with Gasteiger partial charge in [-0.1, -0.05) is 30.3 Å². The molecule has 29 heavy (non-hydrogen) atoms. The fourth-order valence-electron chi connectivity index (χ4n) is 3.78. The molecule has 1 saturated heterocycles. The molecule has 1 aromatic carbocycles. The van der Waals surface area contributed by atoms with Crippen molar-refractivity contribution >= 4 is 11.2 Å². The summed E-state index contributed by atoms with van der Waals surface area (Å²) in [6.45, 7) is 3.51. The van der Waals surface area contributed by atoms with Crippen LogP contribution in [0.3, 0.4) is 0 Å². The first kappa shape index (κ1) is 19.6. The Bertz CT molecular complexity index is 1130. The highest BCUT2D eigenvalue weighted by Crippen LogP contribution is 2.23. The van der Waals surface area contributed by atoms with Gasteiger partial charge in [0.25, 0.3) is 5.56 Å². The highest BCUT2D eigenvalue weighted by atomic mass is 16.5. The predicted molar refractivity (Wildman–Crippen MR) is 109 cm³/mol. The molecule has 0 unspecified atom stereocenters. The average molecular weight is 399 g/mol. The van der Waals surface area contributed by atoms with Crippen LogP contribution < -0.4 is 11.2 Å². The molecule has 2 aromatic heterocycles. The molecule has 1 atom stereocenters. The number of aliphatic hydroxyl groups is 1. The van der Waals surface area contributed by atoms with Gasteiger partial charge >= 0.3 is 5.69 Å². The first-order valence-corrected chi connectivity index (χ1v) is 9.67. The minimum absolute atomic E-state index is 0.200. The Labute approximate surface area is 167 Å². The molecule has 0 aliphatic carbocycles. The molecule has 0 amide bonds.